The fourth-order valence-electron chi connectivity index (χ4n) is 0.765. The van der Waals surface area contributed by atoms with Gasteiger partial charge in [-0.1, -0.05) is 6.92 Å². The second kappa shape index (κ2) is 7.06. The zero-order chi connectivity index (χ0) is 9.40. The number of rotatable bonds is 6. The van der Waals surface area contributed by atoms with Crippen LogP contribution in [0.15, 0.2) is 0 Å². The van der Waals surface area contributed by atoms with Gasteiger partial charge >= 0.3 is 0 Å². The summed E-state index contributed by atoms with van der Waals surface area (Å²) >= 11 is 0. The van der Waals surface area contributed by atoms with Crippen LogP contribution in [-0.4, -0.2) is 30.2 Å². The average molecular weight is 174 g/mol. The van der Waals surface area contributed by atoms with Crippen molar-refractivity contribution in [1.82, 2.24) is 5.32 Å². The van der Waals surface area contributed by atoms with Crippen molar-refractivity contribution >= 4 is 5.91 Å². The molecule has 0 unspecified atom stereocenters. The summed E-state index contributed by atoms with van der Waals surface area (Å²) in [5.41, 5.74) is 5.47. The molecule has 1 atom stereocenters. The lowest BCUT2D eigenvalue weighted by Gasteiger charge is -2.08. The third kappa shape index (κ3) is 5.09. The Kier molecular flexibility index (Phi) is 6.70. The van der Waals surface area contributed by atoms with Crippen molar-refractivity contribution in [1.29, 1.82) is 0 Å². The van der Waals surface area contributed by atoms with Crippen LogP contribution in [0.4, 0.5) is 0 Å². The molecule has 0 aromatic rings. The molecule has 4 nitrogen and oxygen atoms in total. The number of hydrogen-bond acceptors (Lipinski definition) is 3. The number of carbonyl (C=O) groups is 1. The molecule has 1 amide bonds. The lowest BCUT2D eigenvalue weighted by Crippen LogP contribution is -2.40. The molecule has 0 saturated carbocycles. The van der Waals surface area contributed by atoms with Gasteiger partial charge in [0, 0.05) is 13.2 Å². The third-order valence-electron chi connectivity index (χ3n) is 1.66. The Hall–Kier alpha value is -0.610. The van der Waals surface area contributed by atoms with E-state index in [2.05, 4.69) is 5.32 Å². The van der Waals surface area contributed by atoms with Gasteiger partial charge in [0.05, 0.1) is 6.04 Å². The highest BCUT2D eigenvalue weighted by molar-refractivity contribution is 5.81. The summed E-state index contributed by atoms with van der Waals surface area (Å²) in [7, 11) is 0. The van der Waals surface area contributed by atoms with E-state index in [1.54, 1.807) is 0 Å². The predicted molar refractivity (Wildman–Crippen MR) is 47.6 cm³/mol. The molecule has 72 valence electrons. The van der Waals surface area contributed by atoms with E-state index in [-0.39, 0.29) is 18.6 Å². The van der Waals surface area contributed by atoms with Crippen LogP contribution in [0.1, 0.15) is 26.2 Å². The van der Waals surface area contributed by atoms with Crippen molar-refractivity contribution in [3.63, 3.8) is 0 Å². The smallest absolute Gasteiger partial charge is 0.236 e. The summed E-state index contributed by atoms with van der Waals surface area (Å²) in [6.45, 7) is 2.65. The third-order valence-corrected chi connectivity index (χ3v) is 1.66. The molecular weight excluding hydrogens is 156 g/mol. The number of nitrogens with one attached hydrogen (secondary N) is 1. The minimum atomic E-state index is -0.390. The van der Waals surface area contributed by atoms with E-state index in [4.69, 9.17) is 10.8 Å². The summed E-state index contributed by atoms with van der Waals surface area (Å²) in [5.74, 6) is -0.101. The monoisotopic (exact) mass is 174 g/mol. The fraction of sp³-hybridized carbons (Fsp3) is 0.875. The van der Waals surface area contributed by atoms with E-state index in [9.17, 15) is 4.79 Å². The first-order valence-electron chi connectivity index (χ1n) is 4.36. The summed E-state index contributed by atoms with van der Waals surface area (Å²) in [4.78, 5) is 11.0. The van der Waals surface area contributed by atoms with Gasteiger partial charge in [-0.2, -0.15) is 0 Å². The molecule has 0 fully saturated rings. The second-order valence-corrected chi connectivity index (χ2v) is 2.74. The molecule has 0 heterocycles. The Morgan fingerprint density at radius 2 is 2.25 bits per heavy atom. The van der Waals surface area contributed by atoms with Gasteiger partial charge in [-0.05, 0) is 19.3 Å². The van der Waals surface area contributed by atoms with E-state index in [0.717, 1.165) is 12.8 Å². The molecule has 4 N–H and O–H groups in total. The SMILES string of the molecule is CC[C@@H](N)C(=O)NCCCCO. The molecule has 0 aromatic heterocycles. The number of nitrogens with two attached hydrogens (primary N) is 1. The van der Waals surface area contributed by atoms with Crippen molar-refractivity contribution in [3.05, 3.63) is 0 Å². The van der Waals surface area contributed by atoms with E-state index in [1.807, 2.05) is 6.92 Å². The summed E-state index contributed by atoms with van der Waals surface area (Å²) in [6, 6.07) is -0.390. The average Bonchev–Trinajstić information content (AvgIpc) is 2.10. The van der Waals surface area contributed by atoms with Gasteiger partial charge in [0.2, 0.25) is 5.91 Å². The number of carbonyl (C=O) groups excluding carboxylic acids is 1. The maximum atomic E-state index is 11.0. The van der Waals surface area contributed by atoms with Crippen molar-refractivity contribution in [2.45, 2.75) is 32.2 Å². The highest BCUT2D eigenvalue weighted by Crippen LogP contribution is 1.87. The highest BCUT2D eigenvalue weighted by atomic mass is 16.2. The summed E-state index contributed by atoms with van der Waals surface area (Å²) in [5, 5.41) is 11.1. The Balaban J connectivity index is 3.31. The van der Waals surface area contributed by atoms with E-state index >= 15 is 0 Å². The number of hydrogen-bond donors (Lipinski definition) is 3. The number of aliphatic hydroxyl groups is 1. The molecular formula is C8H18N2O2. The molecule has 0 spiro atoms. The standard InChI is InChI=1S/C8H18N2O2/c1-2-7(9)8(12)10-5-3-4-6-11/h7,11H,2-6,9H2,1H3,(H,10,12)/t7-/m1/s1. The van der Waals surface area contributed by atoms with Gasteiger partial charge in [-0.15, -0.1) is 0 Å². The Morgan fingerprint density at radius 1 is 1.58 bits per heavy atom. The molecule has 0 saturated heterocycles. The molecule has 4 heteroatoms. The van der Waals surface area contributed by atoms with Crippen molar-refractivity contribution < 1.29 is 9.90 Å². The van der Waals surface area contributed by atoms with E-state index < -0.39 is 0 Å². The molecule has 0 radical (unpaired) electrons. The van der Waals surface area contributed by atoms with Gasteiger partial charge in [0.15, 0.2) is 0 Å². The Morgan fingerprint density at radius 3 is 2.75 bits per heavy atom. The highest BCUT2D eigenvalue weighted by Gasteiger charge is 2.08. The number of unbranched alkanes of at least 4 members (excludes halogenated alkanes) is 1. The first-order valence-corrected chi connectivity index (χ1v) is 4.36. The minimum Gasteiger partial charge on any atom is -0.396 e. The van der Waals surface area contributed by atoms with Gasteiger partial charge in [0.1, 0.15) is 0 Å². The quantitative estimate of drug-likeness (QED) is 0.480. The fourth-order valence-corrected chi connectivity index (χ4v) is 0.765. The van der Waals surface area contributed by atoms with Gasteiger partial charge in [-0.3, -0.25) is 4.79 Å². The molecule has 0 rings (SSSR count). The predicted octanol–water partition coefficient (Wildman–Crippen LogP) is -0.388. The number of amides is 1. The van der Waals surface area contributed by atoms with Gasteiger partial charge in [0.25, 0.3) is 0 Å². The van der Waals surface area contributed by atoms with Crippen LogP contribution >= 0.6 is 0 Å². The minimum absolute atomic E-state index is 0.101. The zero-order valence-corrected chi connectivity index (χ0v) is 7.55. The molecule has 0 bridgehead atoms. The van der Waals surface area contributed by atoms with Crippen molar-refractivity contribution in [2.75, 3.05) is 13.2 Å². The lowest BCUT2D eigenvalue weighted by atomic mass is 10.2. The molecule has 12 heavy (non-hydrogen) atoms. The molecule has 0 aliphatic carbocycles. The Bertz CT molecular complexity index is 128. The lowest BCUT2D eigenvalue weighted by molar-refractivity contribution is -0.122. The van der Waals surface area contributed by atoms with Crippen molar-refractivity contribution in [2.24, 2.45) is 5.73 Å². The van der Waals surface area contributed by atoms with E-state index in [0.29, 0.717) is 13.0 Å². The van der Waals surface area contributed by atoms with Crippen LogP contribution in [0.25, 0.3) is 0 Å². The normalized spacial score (nSPS) is 12.6. The van der Waals surface area contributed by atoms with Crippen LogP contribution in [0.5, 0.6) is 0 Å². The first-order chi connectivity index (χ1) is 5.72. The molecule has 0 aliphatic rings. The largest absolute Gasteiger partial charge is 0.396 e. The van der Waals surface area contributed by atoms with Crippen LogP contribution in [0, 0.1) is 0 Å². The topological polar surface area (TPSA) is 75.4 Å². The Labute approximate surface area is 73.1 Å². The van der Waals surface area contributed by atoms with Crippen LogP contribution in [-0.2, 0) is 4.79 Å². The van der Waals surface area contributed by atoms with Gasteiger partial charge < -0.3 is 16.2 Å². The second-order valence-electron chi connectivity index (χ2n) is 2.74. The summed E-state index contributed by atoms with van der Waals surface area (Å²) in [6.07, 6.45) is 2.19. The first kappa shape index (κ1) is 11.4. The maximum Gasteiger partial charge on any atom is 0.236 e. The maximum absolute atomic E-state index is 11.0. The summed E-state index contributed by atoms with van der Waals surface area (Å²) < 4.78 is 0. The van der Waals surface area contributed by atoms with Crippen LogP contribution < -0.4 is 11.1 Å². The number of aliphatic hydroxyl groups excluding tert-OH is 1. The van der Waals surface area contributed by atoms with Crippen LogP contribution in [0.3, 0.4) is 0 Å². The molecule has 0 aromatic carbocycles. The van der Waals surface area contributed by atoms with Crippen LogP contribution in [0.2, 0.25) is 0 Å². The zero-order valence-electron chi connectivity index (χ0n) is 7.55. The van der Waals surface area contributed by atoms with Gasteiger partial charge in [-0.25, -0.2) is 0 Å². The van der Waals surface area contributed by atoms with E-state index in [1.165, 1.54) is 0 Å². The van der Waals surface area contributed by atoms with Crippen molar-refractivity contribution in [3.8, 4) is 0 Å². The molecule has 0 aliphatic heterocycles.